The van der Waals surface area contributed by atoms with Gasteiger partial charge in [-0.2, -0.15) is 5.26 Å². The SMILES string of the molecule is N#Cc1cccc(NCCCC2CCCC2)c1N. The largest absolute Gasteiger partial charge is 0.396 e. The standard InChI is InChI=1S/C15H21N3/c16-11-13-8-3-9-14(15(13)17)18-10-4-7-12-5-1-2-6-12/h3,8-9,12,18H,1-2,4-7,10,17H2. The number of nitrogens with one attached hydrogen (secondary N) is 1. The molecule has 0 atom stereocenters. The van der Waals surface area contributed by atoms with Gasteiger partial charge in [0.15, 0.2) is 0 Å². The van der Waals surface area contributed by atoms with Crippen molar-refractivity contribution in [1.29, 1.82) is 5.26 Å². The zero-order valence-electron chi connectivity index (χ0n) is 10.8. The molecule has 2 rings (SSSR count). The third-order valence-electron chi connectivity index (χ3n) is 3.81. The first kappa shape index (κ1) is 12.8. The maximum absolute atomic E-state index is 8.90. The van der Waals surface area contributed by atoms with E-state index in [1.54, 1.807) is 6.07 Å². The van der Waals surface area contributed by atoms with Crippen LogP contribution in [0.1, 0.15) is 44.1 Å². The fourth-order valence-electron chi connectivity index (χ4n) is 2.73. The Balaban J connectivity index is 1.78. The predicted octanol–water partition coefficient (Wildman–Crippen LogP) is 3.52. The van der Waals surface area contributed by atoms with Crippen molar-refractivity contribution in [2.24, 2.45) is 5.92 Å². The zero-order valence-corrected chi connectivity index (χ0v) is 10.8. The van der Waals surface area contributed by atoms with Gasteiger partial charge in [-0.25, -0.2) is 0 Å². The molecular weight excluding hydrogens is 222 g/mol. The van der Waals surface area contributed by atoms with Crippen LogP contribution in [0, 0.1) is 17.2 Å². The van der Waals surface area contributed by atoms with Crippen LogP contribution in [0.2, 0.25) is 0 Å². The monoisotopic (exact) mass is 243 g/mol. The Labute approximate surface area is 109 Å². The summed E-state index contributed by atoms with van der Waals surface area (Å²) in [6, 6.07) is 7.66. The van der Waals surface area contributed by atoms with Crippen LogP contribution < -0.4 is 11.1 Å². The molecule has 0 spiro atoms. The van der Waals surface area contributed by atoms with E-state index in [9.17, 15) is 0 Å². The van der Waals surface area contributed by atoms with E-state index >= 15 is 0 Å². The highest BCUT2D eigenvalue weighted by molar-refractivity contribution is 5.72. The molecule has 3 heteroatoms. The van der Waals surface area contributed by atoms with E-state index in [0.717, 1.165) is 18.2 Å². The summed E-state index contributed by atoms with van der Waals surface area (Å²) < 4.78 is 0. The highest BCUT2D eigenvalue weighted by Crippen LogP contribution is 2.28. The van der Waals surface area contributed by atoms with E-state index in [4.69, 9.17) is 11.0 Å². The first-order valence-electron chi connectivity index (χ1n) is 6.83. The minimum atomic E-state index is 0.552. The molecule has 18 heavy (non-hydrogen) atoms. The summed E-state index contributed by atoms with van der Waals surface area (Å²) in [7, 11) is 0. The number of para-hydroxylation sites is 1. The summed E-state index contributed by atoms with van der Waals surface area (Å²) in [6.45, 7) is 0.940. The third kappa shape index (κ3) is 3.16. The molecule has 0 bridgehead atoms. The zero-order chi connectivity index (χ0) is 12.8. The molecule has 0 radical (unpaired) electrons. The predicted molar refractivity (Wildman–Crippen MR) is 75.3 cm³/mol. The maximum atomic E-state index is 8.90. The minimum absolute atomic E-state index is 0.552. The van der Waals surface area contributed by atoms with Gasteiger partial charge >= 0.3 is 0 Å². The van der Waals surface area contributed by atoms with Gasteiger partial charge in [0.1, 0.15) is 6.07 Å². The molecule has 0 heterocycles. The van der Waals surface area contributed by atoms with Gasteiger partial charge in [-0.1, -0.05) is 31.7 Å². The molecule has 96 valence electrons. The number of nitriles is 1. The summed E-state index contributed by atoms with van der Waals surface area (Å²) in [5.41, 5.74) is 7.92. The second kappa shape index (κ2) is 6.30. The van der Waals surface area contributed by atoms with Crippen LogP contribution in [-0.2, 0) is 0 Å². The second-order valence-electron chi connectivity index (χ2n) is 5.10. The van der Waals surface area contributed by atoms with Crippen molar-refractivity contribution >= 4 is 11.4 Å². The molecule has 0 aliphatic heterocycles. The molecule has 1 aliphatic carbocycles. The lowest BCUT2D eigenvalue weighted by atomic mass is 10.0. The minimum Gasteiger partial charge on any atom is -0.396 e. The molecule has 3 N–H and O–H groups in total. The van der Waals surface area contributed by atoms with Crippen molar-refractivity contribution in [3.05, 3.63) is 23.8 Å². The van der Waals surface area contributed by atoms with Crippen LogP contribution in [0.25, 0.3) is 0 Å². The molecule has 1 aromatic rings. The first-order chi connectivity index (χ1) is 8.81. The van der Waals surface area contributed by atoms with E-state index in [0.29, 0.717) is 11.3 Å². The highest BCUT2D eigenvalue weighted by atomic mass is 14.9. The second-order valence-corrected chi connectivity index (χ2v) is 5.10. The van der Waals surface area contributed by atoms with Crippen molar-refractivity contribution in [3.8, 4) is 6.07 Å². The van der Waals surface area contributed by atoms with Crippen molar-refractivity contribution in [2.45, 2.75) is 38.5 Å². The van der Waals surface area contributed by atoms with Gasteiger partial charge in [-0.05, 0) is 30.9 Å². The number of nitrogens with zero attached hydrogens (tertiary/aromatic N) is 1. The molecule has 1 fully saturated rings. The smallest absolute Gasteiger partial charge is 0.101 e. The lowest BCUT2D eigenvalue weighted by Gasteiger charge is -2.12. The first-order valence-corrected chi connectivity index (χ1v) is 6.83. The van der Waals surface area contributed by atoms with Gasteiger partial charge in [-0.3, -0.25) is 0 Å². The van der Waals surface area contributed by atoms with Gasteiger partial charge in [0, 0.05) is 6.54 Å². The Hall–Kier alpha value is -1.69. The van der Waals surface area contributed by atoms with E-state index in [2.05, 4.69) is 11.4 Å². The lowest BCUT2D eigenvalue weighted by molar-refractivity contribution is 0.491. The summed E-state index contributed by atoms with van der Waals surface area (Å²) in [5.74, 6) is 0.939. The fourth-order valence-corrected chi connectivity index (χ4v) is 2.73. The maximum Gasteiger partial charge on any atom is 0.101 e. The molecule has 3 nitrogen and oxygen atoms in total. The number of anilines is 2. The average molecular weight is 243 g/mol. The molecule has 0 aromatic heterocycles. The Morgan fingerprint density at radius 1 is 1.33 bits per heavy atom. The fraction of sp³-hybridized carbons (Fsp3) is 0.533. The topological polar surface area (TPSA) is 61.8 Å². The molecule has 1 saturated carbocycles. The third-order valence-corrected chi connectivity index (χ3v) is 3.81. The van der Waals surface area contributed by atoms with Crippen LogP contribution >= 0.6 is 0 Å². The van der Waals surface area contributed by atoms with Crippen molar-refractivity contribution in [1.82, 2.24) is 0 Å². The number of nitrogen functional groups attached to an aromatic ring is 1. The summed E-state index contributed by atoms with van der Waals surface area (Å²) >= 11 is 0. The van der Waals surface area contributed by atoms with Crippen LogP contribution in [0.15, 0.2) is 18.2 Å². The molecule has 0 amide bonds. The van der Waals surface area contributed by atoms with Gasteiger partial charge in [0.25, 0.3) is 0 Å². The van der Waals surface area contributed by atoms with Gasteiger partial charge in [0.05, 0.1) is 16.9 Å². The average Bonchev–Trinajstić information content (AvgIpc) is 2.89. The van der Waals surface area contributed by atoms with E-state index in [-0.39, 0.29) is 0 Å². The Morgan fingerprint density at radius 3 is 2.83 bits per heavy atom. The Bertz CT molecular complexity index is 428. The van der Waals surface area contributed by atoms with Crippen molar-refractivity contribution < 1.29 is 0 Å². The summed E-state index contributed by atoms with van der Waals surface area (Å²) in [6.07, 6.45) is 8.13. The normalized spacial score (nSPS) is 15.5. The molecule has 1 aliphatic rings. The van der Waals surface area contributed by atoms with Crippen LogP contribution in [0.5, 0.6) is 0 Å². The van der Waals surface area contributed by atoms with Gasteiger partial charge < -0.3 is 11.1 Å². The van der Waals surface area contributed by atoms with Crippen LogP contribution in [-0.4, -0.2) is 6.54 Å². The van der Waals surface area contributed by atoms with Crippen LogP contribution in [0.4, 0.5) is 11.4 Å². The summed E-state index contributed by atoms with van der Waals surface area (Å²) in [5, 5.41) is 12.2. The number of hydrogen-bond donors (Lipinski definition) is 2. The molecule has 0 unspecified atom stereocenters. The number of rotatable bonds is 5. The van der Waals surface area contributed by atoms with Gasteiger partial charge in [-0.15, -0.1) is 0 Å². The van der Waals surface area contributed by atoms with E-state index in [1.165, 1.54) is 38.5 Å². The molecular formula is C15H21N3. The van der Waals surface area contributed by atoms with E-state index < -0.39 is 0 Å². The Morgan fingerprint density at radius 2 is 2.11 bits per heavy atom. The number of hydrogen-bond acceptors (Lipinski definition) is 3. The number of nitrogens with two attached hydrogens (primary N) is 1. The van der Waals surface area contributed by atoms with Crippen molar-refractivity contribution in [2.75, 3.05) is 17.6 Å². The Kier molecular flexibility index (Phi) is 4.46. The number of benzene rings is 1. The lowest BCUT2D eigenvalue weighted by Crippen LogP contribution is -2.06. The molecule has 1 aromatic carbocycles. The van der Waals surface area contributed by atoms with Crippen molar-refractivity contribution in [3.63, 3.8) is 0 Å². The highest BCUT2D eigenvalue weighted by Gasteiger charge is 2.14. The van der Waals surface area contributed by atoms with E-state index in [1.807, 2.05) is 12.1 Å². The quantitative estimate of drug-likeness (QED) is 0.614. The van der Waals surface area contributed by atoms with Gasteiger partial charge in [0.2, 0.25) is 0 Å². The molecule has 0 saturated heterocycles. The van der Waals surface area contributed by atoms with Crippen LogP contribution in [0.3, 0.4) is 0 Å². The summed E-state index contributed by atoms with van der Waals surface area (Å²) in [4.78, 5) is 0.